The Hall–Kier alpha value is 0.0500. The predicted molar refractivity (Wildman–Crippen MR) is 92.0 cm³/mol. The first-order valence-electron chi connectivity index (χ1n) is 6.77. The highest BCUT2D eigenvalue weighted by Crippen LogP contribution is 2.28. The number of rotatable bonds is 8. The molecule has 0 atom stereocenters. The maximum absolute atomic E-state index is 12.3. The molecule has 1 N–H and O–H groups in total. The van der Waals surface area contributed by atoms with Gasteiger partial charge in [-0.25, -0.2) is 13.1 Å². The lowest BCUT2D eigenvalue weighted by Gasteiger charge is -2.11. The second-order valence-electron chi connectivity index (χ2n) is 5.25. The van der Waals surface area contributed by atoms with E-state index in [2.05, 4.69) is 50.4 Å². The van der Waals surface area contributed by atoms with E-state index >= 15 is 0 Å². The number of aryl methyl sites for hydroxylation is 1. The molecule has 1 aromatic rings. The fraction of sp³-hybridized carbons (Fsp3) is 0.571. The first kappa shape index (κ1) is 19.1. The maximum Gasteiger partial charge on any atom is 0.241 e. The fourth-order valence-electron chi connectivity index (χ4n) is 1.61. The van der Waals surface area contributed by atoms with Crippen LogP contribution in [0.1, 0.15) is 25.8 Å². The third kappa shape index (κ3) is 6.36. The van der Waals surface area contributed by atoms with Crippen LogP contribution < -0.4 is 4.72 Å². The van der Waals surface area contributed by atoms with E-state index in [0.29, 0.717) is 36.6 Å². The monoisotopic (exact) mass is 441 g/mol. The van der Waals surface area contributed by atoms with Crippen molar-refractivity contribution in [3.05, 3.63) is 26.6 Å². The normalized spacial score (nSPS) is 12.1. The Bertz CT molecular complexity index is 574. The highest BCUT2D eigenvalue weighted by molar-refractivity contribution is 9.11. The molecule has 0 radical (unpaired) electrons. The molecular formula is C14H21Br2NO3S. The van der Waals surface area contributed by atoms with Crippen LogP contribution in [-0.2, 0) is 14.8 Å². The average molecular weight is 443 g/mol. The van der Waals surface area contributed by atoms with Gasteiger partial charge in [-0.05, 0) is 52.9 Å². The molecule has 4 nitrogen and oxygen atoms in total. The van der Waals surface area contributed by atoms with Crippen LogP contribution in [0.25, 0.3) is 0 Å². The number of halogens is 2. The van der Waals surface area contributed by atoms with E-state index in [1.165, 1.54) is 0 Å². The van der Waals surface area contributed by atoms with Gasteiger partial charge in [0.2, 0.25) is 10.0 Å². The first-order valence-corrected chi connectivity index (χ1v) is 9.84. The summed E-state index contributed by atoms with van der Waals surface area (Å²) in [5, 5.41) is 0. The summed E-state index contributed by atoms with van der Waals surface area (Å²) >= 11 is 6.66. The zero-order valence-corrected chi connectivity index (χ0v) is 16.4. The number of ether oxygens (including phenoxy) is 1. The third-order valence-electron chi connectivity index (χ3n) is 2.71. The minimum Gasteiger partial charge on any atom is -0.381 e. The Morgan fingerprint density at radius 2 is 1.90 bits per heavy atom. The standard InChI is InChI=1S/C14H21Br2NO3S/c1-10(2)9-20-6-4-5-17-21(18,19)14-8-12(15)11(3)7-13(14)16/h7-8,10,17H,4-6,9H2,1-3H3. The molecule has 21 heavy (non-hydrogen) atoms. The predicted octanol–water partition coefficient (Wildman–Crippen LogP) is 3.86. The largest absolute Gasteiger partial charge is 0.381 e. The minimum absolute atomic E-state index is 0.239. The van der Waals surface area contributed by atoms with E-state index in [0.717, 1.165) is 10.0 Å². The van der Waals surface area contributed by atoms with Crippen LogP contribution in [0.4, 0.5) is 0 Å². The van der Waals surface area contributed by atoms with E-state index in [9.17, 15) is 8.42 Å². The van der Waals surface area contributed by atoms with Crippen LogP contribution in [0.3, 0.4) is 0 Å². The molecule has 0 saturated carbocycles. The molecule has 0 spiro atoms. The molecule has 0 heterocycles. The second kappa shape index (κ2) is 8.62. The topological polar surface area (TPSA) is 55.4 Å². The van der Waals surface area contributed by atoms with Crippen LogP contribution in [0, 0.1) is 12.8 Å². The lowest BCUT2D eigenvalue weighted by atomic mass is 10.2. The van der Waals surface area contributed by atoms with Gasteiger partial charge in [0.1, 0.15) is 0 Å². The van der Waals surface area contributed by atoms with Gasteiger partial charge in [0.15, 0.2) is 0 Å². The van der Waals surface area contributed by atoms with Crippen molar-refractivity contribution in [1.29, 1.82) is 0 Å². The first-order chi connectivity index (χ1) is 9.74. The fourth-order valence-corrected chi connectivity index (χ4v) is 4.36. The molecule has 0 aliphatic rings. The molecular weight excluding hydrogens is 422 g/mol. The SMILES string of the molecule is Cc1cc(Br)c(S(=O)(=O)NCCCOCC(C)C)cc1Br. The highest BCUT2D eigenvalue weighted by Gasteiger charge is 2.18. The minimum atomic E-state index is -3.52. The molecule has 0 fully saturated rings. The maximum atomic E-state index is 12.3. The Morgan fingerprint density at radius 3 is 2.52 bits per heavy atom. The summed E-state index contributed by atoms with van der Waals surface area (Å²) in [7, 11) is -3.52. The molecule has 1 aromatic carbocycles. The second-order valence-corrected chi connectivity index (χ2v) is 8.70. The lowest BCUT2D eigenvalue weighted by molar-refractivity contribution is 0.108. The van der Waals surface area contributed by atoms with Crippen LogP contribution in [0.2, 0.25) is 0 Å². The summed E-state index contributed by atoms with van der Waals surface area (Å²) in [6.07, 6.45) is 0.649. The highest BCUT2D eigenvalue weighted by atomic mass is 79.9. The van der Waals surface area contributed by atoms with Crippen molar-refractivity contribution < 1.29 is 13.2 Å². The molecule has 0 bridgehead atoms. The number of hydrogen-bond acceptors (Lipinski definition) is 3. The van der Waals surface area contributed by atoms with Crippen LogP contribution >= 0.6 is 31.9 Å². The van der Waals surface area contributed by atoms with Crippen molar-refractivity contribution in [3.8, 4) is 0 Å². The van der Waals surface area contributed by atoms with Crippen molar-refractivity contribution in [2.45, 2.75) is 32.1 Å². The molecule has 0 saturated heterocycles. The summed E-state index contributed by atoms with van der Waals surface area (Å²) in [6.45, 7) is 7.68. The van der Waals surface area contributed by atoms with Gasteiger partial charge in [0, 0.05) is 28.7 Å². The molecule has 0 aliphatic carbocycles. The molecule has 0 aromatic heterocycles. The zero-order valence-electron chi connectivity index (χ0n) is 12.4. The average Bonchev–Trinajstić information content (AvgIpc) is 2.37. The molecule has 0 unspecified atom stereocenters. The van der Waals surface area contributed by atoms with E-state index < -0.39 is 10.0 Å². The summed E-state index contributed by atoms with van der Waals surface area (Å²) < 4.78 is 33.9. The number of sulfonamides is 1. The number of hydrogen-bond donors (Lipinski definition) is 1. The van der Waals surface area contributed by atoms with Gasteiger partial charge in [0.05, 0.1) is 4.90 Å². The smallest absolute Gasteiger partial charge is 0.241 e. The van der Waals surface area contributed by atoms with Crippen molar-refractivity contribution in [2.24, 2.45) is 5.92 Å². The molecule has 0 aliphatic heterocycles. The van der Waals surface area contributed by atoms with Gasteiger partial charge in [-0.2, -0.15) is 0 Å². The van der Waals surface area contributed by atoms with Crippen molar-refractivity contribution >= 4 is 41.9 Å². The summed E-state index contributed by atoms with van der Waals surface area (Å²) in [5.41, 5.74) is 0.975. The van der Waals surface area contributed by atoms with Crippen molar-refractivity contribution in [2.75, 3.05) is 19.8 Å². The van der Waals surface area contributed by atoms with Crippen molar-refractivity contribution in [3.63, 3.8) is 0 Å². The molecule has 1 rings (SSSR count). The van der Waals surface area contributed by atoms with E-state index in [1.54, 1.807) is 12.1 Å². The van der Waals surface area contributed by atoms with Crippen molar-refractivity contribution in [1.82, 2.24) is 4.72 Å². The molecule has 120 valence electrons. The Morgan fingerprint density at radius 1 is 1.24 bits per heavy atom. The summed E-state index contributed by atoms with van der Waals surface area (Å²) in [5.74, 6) is 0.488. The quantitative estimate of drug-likeness (QED) is 0.621. The van der Waals surface area contributed by atoms with E-state index in [-0.39, 0.29) is 4.90 Å². The van der Waals surface area contributed by atoms with Gasteiger partial charge in [0.25, 0.3) is 0 Å². The Labute approximate surface area is 144 Å². The Kier molecular flexibility index (Phi) is 7.84. The number of benzene rings is 1. The number of nitrogens with one attached hydrogen (secondary N) is 1. The molecule has 0 amide bonds. The lowest BCUT2D eigenvalue weighted by Crippen LogP contribution is -2.26. The zero-order chi connectivity index (χ0) is 16.0. The van der Waals surface area contributed by atoms with Crippen LogP contribution in [-0.4, -0.2) is 28.2 Å². The van der Waals surface area contributed by atoms with Gasteiger partial charge < -0.3 is 4.74 Å². The van der Waals surface area contributed by atoms with E-state index in [1.807, 2.05) is 6.92 Å². The van der Waals surface area contributed by atoms with Gasteiger partial charge in [-0.3, -0.25) is 0 Å². The third-order valence-corrected chi connectivity index (χ3v) is 5.99. The van der Waals surface area contributed by atoms with Crippen LogP contribution in [0.15, 0.2) is 26.0 Å². The Balaban J connectivity index is 2.56. The van der Waals surface area contributed by atoms with Gasteiger partial charge in [-0.1, -0.05) is 29.8 Å². The summed E-state index contributed by atoms with van der Waals surface area (Å²) in [6, 6.07) is 3.39. The molecule has 7 heteroatoms. The van der Waals surface area contributed by atoms with Gasteiger partial charge in [-0.15, -0.1) is 0 Å². The van der Waals surface area contributed by atoms with Gasteiger partial charge >= 0.3 is 0 Å². The van der Waals surface area contributed by atoms with E-state index in [4.69, 9.17) is 4.74 Å². The summed E-state index contributed by atoms with van der Waals surface area (Å²) in [4.78, 5) is 0.239. The van der Waals surface area contributed by atoms with Crippen LogP contribution in [0.5, 0.6) is 0 Å².